The van der Waals surface area contributed by atoms with Gasteiger partial charge in [-0.25, -0.2) is 0 Å². The van der Waals surface area contributed by atoms with Crippen LogP contribution in [-0.4, -0.2) is 74.2 Å². The van der Waals surface area contributed by atoms with E-state index in [1.165, 1.54) is 32.5 Å². The van der Waals surface area contributed by atoms with E-state index < -0.39 is 0 Å². The summed E-state index contributed by atoms with van der Waals surface area (Å²) in [4.78, 5) is 9.53. The molecule has 5 nitrogen and oxygen atoms in total. The Hall–Kier alpha value is -0.810. The molecule has 0 aromatic carbocycles. The molecule has 2 rings (SSSR count). The molecular weight excluding hydrogens is 286 g/mol. The largest absolute Gasteiger partial charge is 0.355 e. The van der Waals surface area contributed by atoms with E-state index in [2.05, 4.69) is 53.1 Å². The average Bonchev–Trinajstić information content (AvgIpc) is 2.87. The third-order valence-corrected chi connectivity index (χ3v) is 5.38. The van der Waals surface area contributed by atoms with Gasteiger partial charge in [-0.1, -0.05) is 13.8 Å². The molecule has 0 radical (unpaired) electrons. The first-order valence-electron chi connectivity index (χ1n) is 9.43. The first kappa shape index (κ1) is 18.5. The summed E-state index contributed by atoms with van der Waals surface area (Å²) in [5, 5.41) is 7.13. The molecule has 0 amide bonds. The minimum atomic E-state index is 0.499. The van der Waals surface area contributed by atoms with Gasteiger partial charge >= 0.3 is 0 Å². The molecule has 0 aromatic rings. The Bertz CT molecular complexity index is 382. The fourth-order valence-corrected chi connectivity index (χ4v) is 3.81. The van der Waals surface area contributed by atoms with Gasteiger partial charge in [0.05, 0.1) is 0 Å². The number of hydrogen-bond donors (Lipinski definition) is 2. The minimum Gasteiger partial charge on any atom is -0.355 e. The number of aliphatic imine (C=N–C) groups is 1. The van der Waals surface area contributed by atoms with Gasteiger partial charge in [0.2, 0.25) is 0 Å². The van der Waals surface area contributed by atoms with Crippen molar-refractivity contribution in [3.63, 3.8) is 0 Å². The van der Waals surface area contributed by atoms with E-state index in [1.54, 1.807) is 0 Å². The Morgan fingerprint density at radius 1 is 1.22 bits per heavy atom. The predicted octanol–water partition coefficient (Wildman–Crippen LogP) is 1.61. The Labute approximate surface area is 142 Å². The summed E-state index contributed by atoms with van der Waals surface area (Å²) in [6.07, 6.45) is 2.73. The molecule has 0 aromatic heterocycles. The van der Waals surface area contributed by atoms with Crippen LogP contribution < -0.4 is 10.6 Å². The Kier molecular flexibility index (Phi) is 7.15. The molecule has 23 heavy (non-hydrogen) atoms. The molecule has 0 spiro atoms. The van der Waals surface area contributed by atoms with E-state index in [0.717, 1.165) is 31.5 Å². The molecule has 2 fully saturated rings. The van der Waals surface area contributed by atoms with Gasteiger partial charge < -0.3 is 15.5 Å². The van der Waals surface area contributed by atoms with Crippen LogP contribution in [0.15, 0.2) is 4.99 Å². The van der Waals surface area contributed by atoms with Crippen LogP contribution in [-0.2, 0) is 0 Å². The normalized spacial score (nSPS) is 30.9. The predicted molar refractivity (Wildman–Crippen MR) is 99.0 cm³/mol. The summed E-state index contributed by atoms with van der Waals surface area (Å²) in [5.74, 6) is 2.47. The van der Waals surface area contributed by atoms with Crippen molar-refractivity contribution in [3.05, 3.63) is 0 Å². The van der Waals surface area contributed by atoms with Crippen molar-refractivity contribution in [1.29, 1.82) is 0 Å². The number of guanidine groups is 1. The third-order valence-electron chi connectivity index (χ3n) is 5.38. The van der Waals surface area contributed by atoms with Crippen LogP contribution in [0.1, 0.15) is 40.5 Å². The quantitative estimate of drug-likeness (QED) is 0.596. The van der Waals surface area contributed by atoms with Crippen molar-refractivity contribution >= 4 is 5.96 Å². The van der Waals surface area contributed by atoms with Crippen molar-refractivity contribution in [2.45, 2.75) is 52.6 Å². The van der Waals surface area contributed by atoms with Gasteiger partial charge in [-0.2, -0.15) is 0 Å². The molecule has 2 aliphatic rings. The number of nitrogens with one attached hydrogen (secondary N) is 2. The van der Waals surface area contributed by atoms with Gasteiger partial charge in [-0.3, -0.25) is 9.89 Å². The van der Waals surface area contributed by atoms with Crippen molar-refractivity contribution in [2.75, 3.05) is 46.3 Å². The molecule has 5 heteroatoms. The van der Waals surface area contributed by atoms with Crippen molar-refractivity contribution in [2.24, 2.45) is 16.8 Å². The van der Waals surface area contributed by atoms with E-state index in [0.29, 0.717) is 18.0 Å². The second-order valence-electron chi connectivity index (χ2n) is 7.82. The zero-order valence-electron chi connectivity index (χ0n) is 15.8. The summed E-state index contributed by atoms with van der Waals surface area (Å²) < 4.78 is 0. The van der Waals surface area contributed by atoms with E-state index in [9.17, 15) is 0 Å². The van der Waals surface area contributed by atoms with Gasteiger partial charge in [0.15, 0.2) is 5.96 Å². The van der Waals surface area contributed by atoms with Crippen LogP contribution >= 0.6 is 0 Å². The monoisotopic (exact) mass is 323 g/mol. The van der Waals surface area contributed by atoms with Gasteiger partial charge in [0.1, 0.15) is 0 Å². The number of likely N-dealkylation sites (tertiary alicyclic amines) is 2. The lowest BCUT2D eigenvalue weighted by molar-refractivity contribution is 0.186. The van der Waals surface area contributed by atoms with Crippen molar-refractivity contribution < 1.29 is 0 Å². The van der Waals surface area contributed by atoms with E-state index in [-0.39, 0.29) is 0 Å². The van der Waals surface area contributed by atoms with Crippen molar-refractivity contribution in [1.82, 2.24) is 20.4 Å². The SMILES string of the molecule is CN=C(NCCN1CCCC(C)C1)NC1CN(C(C)C)CC1C. The van der Waals surface area contributed by atoms with Crippen molar-refractivity contribution in [3.8, 4) is 0 Å². The maximum atomic E-state index is 4.41. The highest BCUT2D eigenvalue weighted by molar-refractivity contribution is 5.80. The van der Waals surface area contributed by atoms with E-state index in [4.69, 9.17) is 0 Å². The van der Waals surface area contributed by atoms with Crippen LogP contribution in [0.5, 0.6) is 0 Å². The summed E-state index contributed by atoms with van der Waals surface area (Å²) in [6.45, 7) is 16.1. The van der Waals surface area contributed by atoms with Gasteiger partial charge in [0, 0.05) is 51.9 Å². The maximum Gasteiger partial charge on any atom is 0.191 e. The first-order valence-corrected chi connectivity index (χ1v) is 9.43. The Morgan fingerprint density at radius 3 is 2.61 bits per heavy atom. The Balaban J connectivity index is 1.71. The number of rotatable bonds is 5. The molecule has 2 aliphatic heterocycles. The molecule has 134 valence electrons. The Morgan fingerprint density at radius 2 is 2.00 bits per heavy atom. The lowest BCUT2D eigenvalue weighted by atomic mass is 10.0. The topological polar surface area (TPSA) is 42.9 Å². The lowest BCUT2D eigenvalue weighted by Crippen LogP contribution is -2.49. The van der Waals surface area contributed by atoms with E-state index in [1.807, 2.05) is 7.05 Å². The molecular formula is C18H37N5. The highest BCUT2D eigenvalue weighted by Gasteiger charge is 2.31. The first-order chi connectivity index (χ1) is 11.0. The molecule has 0 saturated carbocycles. The zero-order valence-corrected chi connectivity index (χ0v) is 15.8. The van der Waals surface area contributed by atoms with Crippen LogP contribution in [0.2, 0.25) is 0 Å². The standard InChI is InChI=1S/C18H37N5/c1-14(2)23-12-16(4)17(13-23)21-18(19-5)20-8-10-22-9-6-7-15(3)11-22/h14-17H,6-13H2,1-5H3,(H2,19,20,21). The lowest BCUT2D eigenvalue weighted by Gasteiger charge is -2.31. The van der Waals surface area contributed by atoms with Crippen LogP contribution in [0.3, 0.4) is 0 Å². The molecule has 0 aliphatic carbocycles. The fourth-order valence-electron chi connectivity index (χ4n) is 3.81. The molecule has 0 bridgehead atoms. The van der Waals surface area contributed by atoms with Crippen LogP contribution in [0.25, 0.3) is 0 Å². The zero-order chi connectivity index (χ0) is 16.8. The maximum absolute atomic E-state index is 4.41. The number of piperidine rings is 1. The highest BCUT2D eigenvalue weighted by atomic mass is 15.3. The number of nitrogens with zero attached hydrogens (tertiary/aromatic N) is 3. The molecule has 2 heterocycles. The third kappa shape index (κ3) is 5.64. The van der Waals surface area contributed by atoms with Crippen LogP contribution in [0, 0.1) is 11.8 Å². The minimum absolute atomic E-state index is 0.499. The summed E-state index contributed by atoms with van der Waals surface area (Å²) >= 11 is 0. The van der Waals surface area contributed by atoms with Crippen LogP contribution in [0.4, 0.5) is 0 Å². The van der Waals surface area contributed by atoms with Gasteiger partial charge in [0.25, 0.3) is 0 Å². The molecule has 3 atom stereocenters. The second-order valence-corrected chi connectivity index (χ2v) is 7.82. The van der Waals surface area contributed by atoms with Gasteiger partial charge in [-0.05, 0) is 45.1 Å². The second kappa shape index (κ2) is 8.88. The number of hydrogen-bond acceptors (Lipinski definition) is 3. The molecule has 3 unspecified atom stereocenters. The summed E-state index contributed by atoms with van der Waals surface area (Å²) in [6, 6.07) is 1.12. The fraction of sp³-hybridized carbons (Fsp3) is 0.944. The summed E-state index contributed by atoms with van der Waals surface area (Å²) in [5.41, 5.74) is 0. The smallest absolute Gasteiger partial charge is 0.191 e. The summed E-state index contributed by atoms with van der Waals surface area (Å²) in [7, 11) is 1.87. The van der Waals surface area contributed by atoms with E-state index >= 15 is 0 Å². The molecule has 2 N–H and O–H groups in total. The van der Waals surface area contributed by atoms with Gasteiger partial charge in [-0.15, -0.1) is 0 Å². The molecule has 2 saturated heterocycles. The highest BCUT2D eigenvalue weighted by Crippen LogP contribution is 2.18. The average molecular weight is 324 g/mol.